The Kier molecular flexibility index (Phi) is 7.40. The van der Waals surface area contributed by atoms with Crippen LogP contribution in [-0.4, -0.2) is 56.6 Å². The molecule has 0 aromatic heterocycles. The molecule has 2 aromatic rings. The van der Waals surface area contributed by atoms with Gasteiger partial charge in [0.25, 0.3) is 0 Å². The van der Waals surface area contributed by atoms with Crippen molar-refractivity contribution in [3.8, 4) is 17.2 Å². The van der Waals surface area contributed by atoms with Crippen LogP contribution in [0.4, 0.5) is 5.69 Å². The van der Waals surface area contributed by atoms with Gasteiger partial charge in [-0.2, -0.15) is 0 Å². The number of amides is 1. The molecule has 0 radical (unpaired) electrons. The highest BCUT2D eigenvalue weighted by molar-refractivity contribution is 5.95. The first-order valence-electron chi connectivity index (χ1n) is 11.7. The van der Waals surface area contributed by atoms with Crippen molar-refractivity contribution in [2.45, 2.75) is 44.1 Å². The summed E-state index contributed by atoms with van der Waals surface area (Å²) in [5.74, 6) is 2.67. The summed E-state index contributed by atoms with van der Waals surface area (Å²) in [5, 5.41) is 12.4. The molecule has 0 bridgehead atoms. The Hall–Kier alpha value is -2.77. The number of carbonyl (C=O) groups excluding carboxylic acids is 1. The molecular weight excluding hydrogens is 420 g/mol. The van der Waals surface area contributed by atoms with Crippen LogP contribution in [0.25, 0.3) is 0 Å². The number of carbonyl (C=O) groups is 1. The topological polar surface area (TPSA) is 80.3 Å². The zero-order valence-electron chi connectivity index (χ0n) is 19.5. The summed E-state index contributed by atoms with van der Waals surface area (Å²) < 4.78 is 16.4. The van der Waals surface area contributed by atoms with E-state index >= 15 is 0 Å². The Balaban J connectivity index is 0.000000214. The molecule has 2 heterocycles. The third-order valence-corrected chi connectivity index (χ3v) is 6.23. The van der Waals surface area contributed by atoms with Crippen molar-refractivity contribution < 1.29 is 24.1 Å². The fraction of sp³-hybridized carbons (Fsp3) is 0.500. The molecule has 7 heteroatoms. The van der Waals surface area contributed by atoms with Crippen LogP contribution in [-0.2, 0) is 9.53 Å². The monoisotopic (exact) mass is 454 g/mol. The second-order valence-corrected chi connectivity index (χ2v) is 9.18. The highest BCUT2D eigenvalue weighted by atomic mass is 16.5. The molecule has 5 rings (SSSR count). The minimum atomic E-state index is 0.0768. The highest BCUT2D eigenvalue weighted by Gasteiger charge is 2.32. The average molecular weight is 455 g/mol. The maximum Gasteiger partial charge on any atom is 0.227 e. The Labute approximate surface area is 195 Å². The molecule has 7 nitrogen and oxygen atoms in total. The van der Waals surface area contributed by atoms with Gasteiger partial charge in [-0.3, -0.25) is 4.79 Å². The Bertz CT molecular complexity index is 938. The zero-order valence-corrected chi connectivity index (χ0v) is 19.5. The van der Waals surface area contributed by atoms with Crippen molar-refractivity contribution in [2.24, 2.45) is 0 Å². The lowest BCUT2D eigenvalue weighted by atomic mass is 10.0. The molecule has 1 amide bonds. The fourth-order valence-electron chi connectivity index (χ4n) is 4.05. The Morgan fingerprint density at radius 2 is 1.91 bits per heavy atom. The van der Waals surface area contributed by atoms with Crippen LogP contribution in [0.5, 0.6) is 17.2 Å². The molecule has 2 aromatic carbocycles. The van der Waals surface area contributed by atoms with E-state index in [2.05, 4.69) is 12.2 Å². The van der Waals surface area contributed by atoms with E-state index in [0.717, 1.165) is 44.3 Å². The molecular formula is C26H34N2O5. The van der Waals surface area contributed by atoms with E-state index in [1.54, 1.807) is 24.1 Å². The van der Waals surface area contributed by atoms with Gasteiger partial charge in [-0.1, -0.05) is 12.1 Å². The fourth-order valence-corrected chi connectivity index (χ4v) is 4.05. The molecule has 1 saturated carbocycles. The van der Waals surface area contributed by atoms with Crippen LogP contribution in [0.15, 0.2) is 42.5 Å². The van der Waals surface area contributed by atoms with Crippen LogP contribution < -0.4 is 19.7 Å². The molecule has 2 saturated heterocycles. The average Bonchev–Trinajstić information content (AvgIpc) is 3.57. The number of hydrogen-bond donors (Lipinski definition) is 2. The molecule has 2 aliphatic heterocycles. The normalized spacial score (nSPS) is 18.8. The van der Waals surface area contributed by atoms with Gasteiger partial charge in [0.05, 0.1) is 25.9 Å². The molecule has 3 fully saturated rings. The van der Waals surface area contributed by atoms with Gasteiger partial charge in [0.1, 0.15) is 12.4 Å². The maximum absolute atomic E-state index is 11.8. The van der Waals surface area contributed by atoms with E-state index in [9.17, 15) is 4.79 Å². The van der Waals surface area contributed by atoms with Crippen molar-refractivity contribution in [3.63, 3.8) is 0 Å². The van der Waals surface area contributed by atoms with E-state index in [1.807, 2.05) is 30.3 Å². The SMILES string of the molecule is COc1cc(N2CCCC2=O)ccc1OCCNC1(C)COC1.Oc1ccc(C2CC2)cc1. The van der Waals surface area contributed by atoms with E-state index in [0.29, 0.717) is 30.3 Å². The van der Waals surface area contributed by atoms with Crippen LogP contribution >= 0.6 is 0 Å². The number of hydrogen-bond acceptors (Lipinski definition) is 6. The number of methoxy groups -OCH3 is 1. The molecule has 1 aliphatic carbocycles. The lowest BCUT2D eigenvalue weighted by molar-refractivity contribution is -0.117. The quantitative estimate of drug-likeness (QED) is 0.590. The number of aromatic hydroxyl groups is 1. The highest BCUT2D eigenvalue weighted by Crippen LogP contribution is 2.40. The summed E-state index contributed by atoms with van der Waals surface area (Å²) in [6.45, 7) is 5.69. The minimum absolute atomic E-state index is 0.0768. The number of nitrogens with one attached hydrogen (secondary N) is 1. The van der Waals surface area contributed by atoms with Gasteiger partial charge in [0, 0.05) is 31.3 Å². The van der Waals surface area contributed by atoms with E-state index in [4.69, 9.17) is 19.3 Å². The van der Waals surface area contributed by atoms with E-state index in [-0.39, 0.29) is 11.4 Å². The second-order valence-electron chi connectivity index (χ2n) is 9.18. The lowest BCUT2D eigenvalue weighted by Crippen LogP contribution is -2.58. The van der Waals surface area contributed by atoms with Gasteiger partial charge in [0.2, 0.25) is 5.91 Å². The van der Waals surface area contributed by atoms with Gasteiger partial charge in [-0.25, -0.2) is 0 Å². The predicted octanol–water partition coefficient (Wildman–Crippen LogP) is 3.85. The van der Waals surface area contributed by atoms with Crippen LogP contribution in [0, 0.1) is 0 Å². The first-order chi connectivity index (χ1) is 16.0. The Morgan fingerprint density at radius 3 is 2.48 bits per heavy atom. The summed E-state index contributed by atoms with van der Waals surface area (Å²) in [7, 11) is 1.61. The molecule has 0 unspecified atom stereocenters. The summed E-state index contributed by atoms with van der Waals surface area (Å²) >= 11 is 0. The van der Waals surface area contributed by atoms with Crippen LogP contribution in [0.1, 0.15) is 44.1 Å². The van der Waals surface area contributed by atoms with Crippen LogP contribution in [0.3, 0.4) is 0 Å². The first-order valence-corrected chi connectivity index (χ1v) is 11.7. The van der Waals surface area contributed by atoms with Crippen molar-refractivity contribution >= 4 is 11.6 Å². The predicted molar refractivity (Wildman–Crippen MR) is 127 cm³/mol. The van der Waals surface area contributed by atoms with Gasteiger partial charge in [0.15, 0.2) is 11.5 Å². The summed E-state index contributed by atoms with van der Waals surface area (Å²) in [5.41, 5.74) is 2.32. The largest absolute Gasteiger partial charge is 0.508 e. The summed E-state index contributed by atoms with van der Waals surface area (Å²) in [6, 6.07) is 13.2. The van der Waals surface area contributed by atoms with Crippen LogP contribution in [0.2, 0.25) is 0 Å². The number of phenols is 1. The number of phenolic OH excluding ortho intramolecular Hbond substituents is 1. The smallest absolute Gasteiger partial charge is 0.227 e. The second kappa shape index (κ2) is 10.4. The third-order valence-electron chi connectivity index (χ3n) is 6.23. The van der Waals surface area contributed by atoms with Crippen molar-refractivity contribution in [2.75, 3.05) is 44.9 Å². The Morgan fingerprint density at radius 1 is 1.15 bits per heavy atom. The van der Waals surface area contributed by atoms with E-state index < -0.39 is 0 Å². The van der Waals surface area contributed by atoms with Crippen molar-refractivity contribution in [1.29, 1.82) is 0 Å². The standard InChI is InChI=1S/C17H24N2O4.C9H10O/c1-17(11-22-12-17)18-7-9-23-14-6-5-13(10-15(14)21-2)19-8-3-4-16(19)20;10-9-5-3-8(4-6-9)7-1-2-7/h5-6,10,18H,3-4,7-9,11-12H2,1-2H3;3-7,10H,1-2H2. The molecule has 3 aliphatic rings. The summed E-state index contributed by atoms with van der Waals surface area (Å²) in [6.07, 6.45) is 4.18. The van der Waals surface area contributed by atoms with E-state index in [1.165, 1.54) is 18.4 Å². The zero-order chi connectivity index (χ0) is 23.3. The lowest BCUT2D eigenvalue weighted by Gasteiger charge is -2.38. The van der Waals surface area contributed by atoms with Gasteiger partial charge >= 0.3 is 0 Å². The van der Waals surface area contributed by atoms with Crippen molar-refractivity contribution in [1.82, 2.24) is 5.32 Å². The first kappa shape index (κ1) is 23.4. The molecule has 33 heavy (non-hydrogen) atoms. The summed E-state index contributed by atoms with van der Waals surface area (Å²) in [4.78, 5) is 13.6. The number of rotatable bonds is 8. The number of nitrogens with zero attached hydrogens (tertiary/aromatic N) is 1. The van der Waals surface area contributed by atoms with Gasteiger partial charge < -0.3 is 29.5 Å². The molecule has 0 atom stereocenters. The number of anilines is 1. The molecule has 178 valence electrons. The maximum atomic E-state index is 11.8. The molecule has 2 N–H and O–H groups in total. The molecule has 0 spiro atoms. The number of benzene rings is 2. The van der Waals surface area contributed by atoms with Gasteiger partial charge in [-0.05, 0) is 61.9 Å². The van der Waals surface area contributed by atoms with Crippen molar-refractivity contribution in [3.05, 3.63) is 48.0 Å². The third kappa shape index (κ3) is 6.18. The minimum Gasteiger partial charge on any atom is -0.508 e. The van der Waals surface area contributed by atoms with Gasteiger partial charge in [-0.15, -0.1) is 0 Å². The number of ether oxygens (including phenoxy) is 3.